The van der Waals surface area contributed by atoms with Gasteiger partial charge in [-0.25, -0.2) is 0 Å². The first-order valence-corrected chi connectivity index (χ1v) is 5.82. The van der Waals surface area contributed by atoms with Crippen molar-refractivity contribution in [2.75, 3.05) is 27.2 Å². The molecule has 92 valence electrons. The SMILES string of the molecule is CN(C)C(=O)CCNC(=O)[C@@H]1CCCCN1. The number of amides is 2. The molecule has 1 rings (SSSR count). The summed E-state index contributed by atoms with van der Waals surface area (Å²) in [7, 11) is 3.43. The minimum Gasteiger partial charge on any atom is -0.354 e. The van der Waals surface area contributed by atoms with Crippen LogP contribution in [0.4, 0.5) is 0 Å². The van der Waals surface area contributed by atoms with E-state index in [4.69, 9.17) is 0 Å². The van der Waals surface area contributed by atoms with E-state index in [0.717, 1.165) is 25.8 Å². The van der Waals surface area contributed by atoms with Crippen LogP contribution in [0, 0.1) is 0 Å². The molecule has 2 amide bonds. The monoisotopic (exact) mass is 227 g/mol. The van der Waals surface area contributed by atoms with E-state index in [0.29, 0.717) is 13.0 Å². The predicted molar refractivity (Wildman–Crippen MR) is 62.0 cm³/mol. The summed E-state index contributed by atoms with van der Waals surface area (Å²) in [6, 6.07) is -0.0665. The van der Waals surface area contributed by atoms with Gasteiger partial charge in [0.25, 0.3) is 0 Å². The van der Waals surface area contributed by atoms with E-state index in [2.05, 4.69) is 10.6 Å². The van der Waals surface area contributed by atoms with Crippen molar-refractivity contribution in [2.24, 2.45) is 0 Å². The average molecular weight is 227 g/mol. The zero-order chi connectivity index (χ0) is 12.0. The number of carbonyl (C=O) groups excluding carboxylic acids is 2. The molecule has 1 fully saturated rings. The first-order valence-electron chi connectivity index (χ1n) is 5.82. The van der Waals surface area contributed by atoms with Crippen molar-refractivity contribution in [3.8, 4) is 0 Å². The molecule has 0 aromatic rings. The van der Waals surface area contributed by atoms with E-state index in [-0.39, 0.29) is 17.9 Å². The highest BCUT2D eigenvalue weighted by atomic mass is 16.2. The number of carbonyl (C=O) groups is 2. The lowest BCUT2D eigenvalue weighted by atomic mass is 10.0. The van der Waals surface area contributed by atoms with E-state index < -0.39 is 0 Å². The van der Waals surface area contributed by atoms with E-state index in [9.17, 15) is 9.59 Å². The number of rotatable bonds is 4. The summed E-state index contributed by atoms with van der Waals surface area (Å²) < 4.78 is 0. The highest BCUT2D eigenvalue weighted by Gasteiger charge is 2.19. The van der Waals surface area contributed by atoms with Gasteiger partial charge in [-0.15, -0.1) is 0 Å². The molecule has 0 spiro atoms. The molecule has 0 aromatic heterocycles. The molecular weight excluding hydrogens is 206 g/mol. The third-order valence-corrected chi connectivity index (χ3v) is 2.76. The van der Waals surface area contributed by atoms with Gasteiger partial charge in [0, 0.05) is 27.1 Å². The lowest BCUT2D eigenvalue weighted by molar-refractivity contribution is -0.128. The van der Waals surface area contributed by atoms with Crippen molar-refractivity contribution in [3.63, 3.8) is 0 Å². The fraction of sp³-hybridized carbons (Fsp3) is 0.818. The molecule has 5 nitrogen and oxygen atoms in total. The van der Waals surface area contributed by atoms with Crippen LogP contribution in [0.3, 0.4) is 0 Å². The molecule has 0 unspecified atom stereocenters. The molecule has 5 heteroatoms. The normalized spacial score (nSPS) is 20.2. The van der Waals surface area contributed by atoms with Gasteiger partial charge in [-0.3, -0.25) is 9.59 Å². The van der Waals surface area contributed by atoms with E-state index >= 15 is 0 Å². The van der Waals surface area contributed by atoms with Crippen LogP contribution >= 0.6 is 0 Å². The van der Waals surface area contributed by atoms with Crippen LogP contribution in [-0.4, -0.2) is 49.9 Å². The van der Waals surface area contributed by atoms with Crippen LogP contribution in [0.2, 0.25) is 0 Å². The Hall–Kier alpha value is -1.10. The van der Waals surface area contributed by atoms with Crippen LogP contribution in [-0.2, 0) is 9.59 Å². The first kappa shape index (κ1) is 13.0. The van der Waals surface area contributed by atoms with Crippen molar-refractivity contribution >= 4 is 11.8 Å². The van der Waals surface area contributed by atoms with Crippen molar-refractivity contribution in [1.82, 2.24) is 15.5 Å². The van der Waals surface area contributed by atoms with E-state index in [1.54, 1.807) is 14.1 Å². The Balaban J connectivity index is 2.17. The van der Waals surface area contributed by atoms with Gasteiger partial charge in [0.2, 0.25) is 11.8 Å². The van der Waals surface area contributed by atoms with Crippen LogP contribution in [0.25, 0.3) is 0 Å². The minimum absolute atomic E-state index is 0.0197. The van der Waals surface area contributed by atoms with Gasteiger partial charge in [0.1, 0.15) is 0 Å². The van der Waals surface area contributed by atoms with Crippen molar-refractivity contribution in [1.29, 1.82) is 0 Å². The van der Waals surface area contributed by atoms with Gasteiger partial charge in [-0.1, -0.05) is 6.42 Å². The fourth-order valence-electron chi connectivity index (χ4n) is 1.72. The summed E-state index contributed by atoms with van der Waals surface area (Å²) in [4.78, 5) is 24.4. The molecule has 1 heterocycles. The molecule has 0 aromatic carbocycles. The number of nitrogens with zero attached hydrogens (tertiary/aromatic N) is 1. The molecule has 16 heavy (non-hydrogen) atoms. The Labute approximate surface area is 96.6 Å². The Morgan fingerprint density at radius 3 is 2.69 bits per heavy atom. The van der Waals surface area contributed by atoms with Crippen LogP contribution in [0.5, 0.6) is 0 Å². The summed E-state index contributed by atoms with van der Waals surface area (Å²) in [6.45, 7) is 1.34. The molecule has 0 saturated carbocycles. The van der Waals surface area contributed by atoms with Gasteiger partial charge in [-0.05, 0) is 19.4 Å². The standard InChI is InChI=1S/C11H21N3O2/c1-14(2)10(15)6-8-13-11(16)9-5-3-4-7-12-9/h9,12H,3-8H2,1-2H3,(H,13,16)/t9-/m0/s1. The van der Waals surface area contributed by atoms with Crippen LogP contribution in [0.1, 0.15) is 25.7 Å². The van der Waals surface area contributed by atoms with Gasteiger partial charge >= 0.3 is 0 Å². The molecule has 1 aliphatic heterocycles. The molecule has 1 atom stereocenters. The smallest absolute Gasteiger partial charge is 0.237 e. The summed E-state index contributed by atoms with van der Waals surface area (Å²) in [6.07, 6.45) is 3.50. The molecule has 0 bridgehead atoms. The average Bonchev–Trinajstić information content (AvgIpc) is 2.29. The maximum atomic E-state index is 11.7. The van der Waals surface area contributed by atoms with Gasteiger partial charge < -0.3 is 15.5 Å². The lowest BCUT2D eigenvalue weighted by Crippen LogP contribution is -2.47. The summed E-state index contributed by atoms with van der Waals surface area (Å²) in [5, 5.41) is 5.96. The molecule has 1 aliphatic rings. The van der Waals surface area contributed by atoms with E-state index in [1.807, 2.05) is 0 Å². The summed E-state index contributed by atoms with van der Waals surface area (Å²) in [5.74, 6) is 0.0585. The second-order valence-electron chi connectivity index (χ2n) is 4.33. The molecule has 0 aliphatic carbocycles. The van der Waals surface area contributed by atoms with Gasteiger partial charge in [0.15, 0.2) is 0 Å². The second-order valence-corrected chi connectivity index (χ2v) is 4.33. The van der Waals surface area contributed by atoms with Crippen LogP contribution < -0.4 is 10.6 Å². The number of hydrogen-bond acceptors (Lipinski definition) is 3. The first-order chi connectivity index (χ1) is 7.61. The largest absolute Gasteiger partial charge is 0.354 e. The zero-order valence-electron chi connectivity index (χ0n) is 10.1. The lowest BCUT2D eigenvalue weighted by Gasteiger charge is -2.22. The Morgan fingerprint density at radius 1 is 1.38 bits per heavy atom. The quantitative estimate of drug-likeness (QED) is 0.694. The maximum Gasteiger partial charge on any atom is 0.237 e. The molecule has 2 N–H and O–H groups in total. The van der Waals surface area contributed by atoms with Gasteiger partial charge in [0.05, 0.1) is 6.04 Å². The number of piperidine rings is 1. The molecule has 0 radical (unpaired) electrons. The van der Waals surface area contributed by atoms with E-state index in [1.165, 1.54) is 4.90 Å². The van der Waals surface area contributed by atoms with Crippen molar-refractivity contribution in [2.45, 2.75) is 31.7 Å². The fourth-order valence-corrected chi connectivity index (χ4v) is 1.72. The second kappa shape index (κ2) is 6.48. The topological polar surface area (TPSA) is 61.4 Å². The Bertz CT molecular complexity index is 248. The Kier molecular flexibility index (Phi) is 5.25. The summed E-state index contributed by atoms with van der Waals surface area (Å²) in [5.41, 5.74) is 0. The minimum atomic E-state index is -0.0665. The van der Waals surface area contributed by atoms with Gasteiger partial charge in [-0.2, -0.15) is 0 Å². The van der Waals surface area contributed by atoms with Crippen molar-refractivity contribution < 1.29 is 9.59 Å². The molecule has 1 saturated heterocycles. The highest BCUT2D eigenvalue weighted by Crippen LogP contribution is 2.06. The Morgan fingerprint density at radius 2 is 2.12 bits per heavy atom. The highest BCUT2D eigenvalue weighted by molar-refractivity contribution is 5.82. The summed E-state index contributed by atoms with van der Waals surface area (Å²) >= 11 is 0. The third kappa shape index (κ3) is 4.18. The maximum absolute atomic E-state index is 11.7. The third-order valence-electron chi connectivity index (χ3n) is 2.76. The van der Waals surface area contributed by atoms with Crippen LogP contribution in [0.15, 0.2) is 0 Å². The van der Waals surface area contributed by atoms with Crippen molar-refractivity contribution in [3.05, 3.63) is 0 Å². The zero-order valence-corrected chi connectivity index (χ0v) is 10.1. The predicted octanol–water partition coefficient (Wildman–Crippen LogP) is -0.277. The number of nitrogens with one attached hydrogen (secondary N) is 2. The molecular formula is C11H21N3O2. The number of hydrogen-bond donors (Lipinski definition) is 2.